The summed E-state index contributed by atoms with van der Waals surface area (Å²) in [5.41, 5.74) is 4.90. The Balaban J connectivity index is 1.67. The number of carbonyl (C=O) groups excluding carboxylic acids is 2. The molecule has 0 spiro atoms. The fourth-order valence-electron chi connectivity index (χ4n) is 2.64. The van der Waals surface area contributed by atoms with Gasteiger partial charge in [-0.2, -0.15) is 5.10 Å². The number of amides is 1. The van der Waals surface area contributed by atoms with Crippen LogP contribution in [0, 0.1) is 6.92 Å². The number of ether oxygens (including phenoxy) is 2. The minimum absolute atomic E-state index is 0.320. The van der Waals surface area contributed by atoms with E-state index in [2.05, 4.69) is 33.0 Å². The van der Waals surface area contributed by atoms with Crippen LogP contribution in [0.1, 0.15) is 31.8 Å². The molecule has 7 heteroatoms. The van der Waals surface area contributed by atoms with Crippen molar-refractivity contribution in [2.45, 2.75) is 6.92 Å². The number of hydrogen-bond donors (Lipinski definition) is 1. The minimum Gasteiger partial charge on any atom is -0.490 e. The van der Waals surface area contributed by atoms with Gasteiger partial charge < -0.3 is 9.47 Å². The molecule has 0 saturated carbocycles. The molecule has 0 fully saturated rings. The molecule has 0 aliphatic carbocycles. The number of halogens is 1. The lowest BCUT2D eigenvalue weighted by atomic mass is 10.1. The van der Waals surface area contributed by atoms with E-state index < -0.39 is 5.97 Å². The molecule has 0 atom stereocenters. The molecule has 0 heterocycles. The highest BCUT2D eigenvalue weighted by Crippen LogP contribution is 2.23. The zero-order valence-electron chi connectivity index (χ0n) is 17.4. The summed E-state index contributed by atoms with van der Waals surface area (Å²) in [4.78, 5) is 24.8. The Labute approximate surface area is 194 Å². The zero-order valence-corrected chi connectivity index (χ0v) is 19.0. The topological polar surface area (TPSA) is 77.0 Å². The Kier molecular flexibility index (Phi) is 7.94. The lowest BCUT2D eigenvalue weighted by Gasteiger charge is -2.08. The number of nitrogens with one attached hydrogen (secondary N) is 1. The van der Waals surface area contributed by atoms with Crippen molar-refractivity contribution in [3.8, 4) is 11.5 Å². The third kappa shape index (κ3) is 6.39. The molecule has 6 nitrogen and oxygen atoms in total. The number of benzene rings is 3. The lowest BCUT2D eigenvalue weighted by molar-refractivity contribution is 0.0734. The predicted octanol–water partition coefficient (Wildman–Crippen LogP) is 5.31. The largest absolute Gasteiger partial charge is 0.490 e. The van der Waals surface area contributed by atoms with Gasteiger partial charge in [-0.15, -0.1) is 0 Å². The van der Waals surface area contributed by atoms with E-state index in [0.717, 1.165) is 10.0 Å². The van der Waals surface area contributed by atoms with Crippen LogP contribution in [0.5, 0.6) is 11.5 Å². The van der Waals surface area contributed by atoms with Crippen LogP contribution >= 0.6 is 15.9 Å². The predicted molar refractivity (Wildman–Crippen MR) is 127 cm³/mol. The molecule has 0 saturated heterocycles. The van der Waals surface area contributed by atoms with E-state index in [1.165, 1.54) is 6.21 Å². The molecular weight excluding hydrogens is 472 g/mol. The van der Waals surface area contributed by atoms with Gasteiger partial charge in [0.25, 0.3) is 5.91 Å². The van der Waals surface area contributed by atoms with Gasteiger partial charge in [-0.25, -0.2) is 10.2 Å². The van der Waals surface area contributed by atoms with Gasteiger partial charge in [0.15, 0.2) is 0 Å². The third-order valence-electron chi connectivity index (χ3n) is 4.32. The lowest BCUT2D eigenvalue weighted by Crippen LogP contribution is -2.17. The first-order valence-corrected chi connectivity index (χ1v) is 10.5. The number of esters is 1. The number of aryl methyl sites for hydroxylation is 1. The maximum atomic E-state index is 12.5. The van der Waals surface area contributed by atoms with Gasteiger partial charge in [0.2, 0.25) is 0 Å². The van der Waals surface area contributed by atoms with Crippen LogP contribution in [-0.4, -0.2) is 24.7 Å². The number of rotatable bonds is 8. The van der Waals surface area contributed by atoms with Crippen molar-refractivity contribution in [3.05, 3.63) is 106 Å². The van der Waals surface area contributed by atoms with Crippen molar-refractivity contribution in [2.75, 3.05) is 6.61 Å². The van der Waals surface area contributed by atoms with Crippen molar-refractivity contribution >= 4 is 34.0 Å². The van der Waals surface area contributed by atoms with E-state index >= 15 is 0 Å². The molecule has 3 aromatic rings. The van der Waals surface area contributed by atoms with Crippen LogP contribution in [0.25, 0.3) is 0 Å². The van der Waals surface area contributed by atoms with Gasteiger partial charge in [0.1, 0.15) is 18.1 Å². The quantitative estimate of drug-likeness (QED) is 0.152. The van der Waals surface area contributed by atoms with Gasteiger partial charge in [0.05, 0.1) is 11.8 Å². The maximum Gasteiger partial charge on any atom is 0.343 e. The summed E-state index contributed by atoms with van der Waals surface area (Å²) in [6.45, 7) is 5.92. The summed E-state index contributed by atoms with van der Waals surface area (Å²) in [5, 5.41) is 4.00. The van der Waals surface area contributed by atoms with Crippen LogP contribution in [0.15, 0.2) is 89.0 Å². The molecule has 162 valence electrons. The first-order chi connectivity index (χ1) is 15.5. The van der Waals surface area contributed by atoms with E-state index in [0.29, 0.717) is 34.8 Å². The molecule has 0 aliphatic heterocycles. The normalized spacial score (nSPS) is 10.6. The van der Waals surface area contributed by atoms with Crippen LogP contribution in [0.4, 0.5) is 0 Å². The molecule has 1 N–H and O–H groups in total. The SMILES string of the molecule is C=CCOc1ccc(C(=O)N/N=C\c2cc(Br)ccc2OC(=O)c2ccc(C)cc2)cc1. The van der Waals surface area contributed by atoms with Gasteiger partial charge in [0, 0.05) is 15.6 Å². The summed E-state index contributed by atoms with van der Waals surface area (Å²) in [6.07, 6.45) is 3.06. The second-order valence-corrected chi connectivity index (χ2v) is 7.68. The molecule has 0 bridgehead atoms. The molecule has 32 heavy (non-hydrogen) atoms. The van der Waals surface area contributed by atoms with E-state index in [4.69, 9.17) is 9.47 Å². The summed E-state index contributed by atoms with van der Waals surface area (Å²) in [6, 6.07) is 18.9. The summed E-state index contributed by atoms with van der Waals surface area (Å²) < 4.78 is 11.7. The van der Waals surface area contributed by atoms with Crippen LogP contribution in [0.2, 0.25) is 0 Å². The Morgan fingerprint density at radius 3 is 2.41 bits per heavy atom. The molecule has 0 unspecified atom stereocenters. The first kappa shape index (κ1) is 23.0. The Hall–Kier alpha value is -3.71. The fraction of sp³-hybridized carbons (Fsp3) is 0.0800. The van der Waals surface area contributed by atoms with E-state index in [1.807, 2.05) is 19.1 Å². The molecule has 0 aromatic heterocycles. The monoisotopic (exact) mass is 492 g/mol. The zero-order chi connectivity index (χ0) is 22.9. The molecular formula is C25H21BrN2O4. The average molecular weight is 493 g/mol. The average Bonchev–Trinajstić information content (AvgIpc) is 2.80. The number of hydrogen-bond acceptors (Lipinski definition) is 5. The van der Waals surface area contributed by atoms with Crippen molar-refractivity contribution in [2.24, 2.45) is 5.10 Å². The summed E-state index contributed by atoms with van der Waals surface area (Å²) in [5.74, 6) is 0.0918. The second-order valence-electron chi connectivity index (χ2n) is 6.76. The number of hydrazone groups is 1. The van der Waals surface area contributed by atoms with E-state index in [-0.39, 0.29) is 5.91 Å². The highest BCUT2D eigenvalue weighted by molar-refractivity contribution is 9.10. The Morgan fingerprint density at radius 1 is 1.03 bits per heavy atom. The second kappa shape index (κ2) is 11.1. The van der Waals surface area contributed by atoms with E-state index in [9.17, 15) is 9.59 Å². The molecule has 3 rings (SSSR count). The van der Waals surface area contributed by atoms with Crippen molar-refractivity contribution in [1.29, 1.82) is 0 Å². The minimum atomic E-state index is -0.482. The highest BCUT2D eigenvalue weighted by Gasteiger charge is 2.12. The number of carbonyl (C=O) groups is 2. The standard InChI is InChI=1S/C25H21BrN2O4/c1-3-14-31-22-11-8-18(9-12-22)24(29)28-27-16-20-15-21(26)10-13-23(20)32-25(30)19-6-4-17(2)5-7-19/h3-13,15-16H,1,14H2,2H3,(H,28,29)/b27-16-. The van der Waals surface area contributed by atoms with E-state index in [1.54, 1.807) is 60.7 Å². The fourth-order valence-corrected chi connectivity index (χ4v) is 3.02. The molecule has 0 aliphatic rings. The smallest absolute Gasteiger partial charge is 0.343 e. The van der Waals surface area contributed by atoms with Gasteiger partial charge >= 0.3 is 5.97 Å². The van der Waals surface area contributed by atoms with Gasteiger partial charge in [-0.3, -0.25) is 4.79 Å². The van der Waals surface area contributed by atoms with Crippen molar-refractivity contribution in [3.63, 3.8) is 0 Å². The van der Waals surface area contributed by atoms with Crippen LogP contribution in [0.3, 0.4) is 0 Å². The molecule has 3 aromatic carbocycles. The van der Waals surface area contributed by atoms with Crippen LogP contribution in [-0.2, 0) is 0 Å². The Morgan fingerprint density at radius 2 is 1.72 bits per heavy atom. The Bertz CT molecular complexity index is 1140. The molecule has 1 amide bonds. The summed E-state index contributed by atoms with van der Waals surface area (Å²) >= 11 is 3.39. The first-order valence-electron chi connectivity index (χ1n) is 9.72. The summed E-state index contributed by atoms with van der Waals surface area (Å²) in [7, 11) is 0. The highest BCUT2D eigenvalue weighted by atomic mass is 79.9. The van der Waals surface area contributed by atoms with Crippen molar-refractivity contribution < 1.29 is 19.1 Å². The van der Waals surface area contributed by atoms with Gasteiger partial charge in [-0.1, -0.05) is 46.3 Å². The van der Waals surface area contributed by atoms with Gasteiger partial charge in [-0.05, 0) is 61.5 Å². The van der Waals surface area contributed by atoms with Crippen LogP contribution < -0.4 is 14.9 Å². The van der Waals surface area contributed by atoms with Crippen molar-refractivity contribution in [1.82, 2.24) is 5.43 Å². The molecule has 0 radical (unpaired) electrons. The maximum absolute atomic E-state index is 12.5. The number of nitrogens with zero attached hydrogens (tertiary/aromatic N) is 1. The third-order valence-corrected chi connectivity index (χ3v) is 4.81.